The van der Waals surface area contributed by atoms with Crippen molar-refractivity contribution in [2.24, 2.45) is 0 Å². The molecular weight excluding hydrogens is 441 g/mol. The Hall–Kier alpha value is -2.32. The van der Waals surface area contributed by atoms with Crippen molar-refractivity contribution in [2.75, 3.05) is 11.9 Å². The van der Waals surface area contributed by atoms with Crippen LogP contribution in [0.4, 0.5) is 5.69 Å². The minimum Gasteiger partial charge on any atom is -0.329 e. The van der Waals surface area contributed by atoms with E-state index < -0.39 is 6.04 Å². The van der Waals surface area contributed by atoms with Gasteiger partial charge in [0, 0.05) is 25.2 Å². The van der Waals surface area contributed by atoms with Gasteiger partial charge in [-0.2, -0.15) is 5.10 Å². The van der Waals surface area contributed by atoms with E-state index in [-0.39, 0.29) is 24.0 Å². The van der Waals surface area contributed by atoms with Gasteiger partial charge in [0.1, 0.15) is 18.4 Å². The highest BCUT2D eigenvalue weighted by atomic mass is 35.5. The highest BCUT2D eigenvalue weighted by Gasteiger charge is 2.33. The molecule has 31 heavy (non-hydrogen) atoms. The third kappa shape index (κ3) is 4.80. The van der Waals surface area contributed by atoms with Gasteiger partial charge < -0.3 is 10.2 Å². The molecule has 0 radical (unpaired) electrons. The summed E-state index contributed by atoms with van der Waals surface area (Å²) in [4.78, 5) is 40.2. The molecule has 3 heterocycles. The molecule has 2 aliphatic heterocycles. The standard InChI is InChI=1S/C21H25Cl2N5O3/c22-15-9-8-14(12-16(15)23)24-20(30)17-6-3-5-10-26(17)19(29)13-28-21(31)27-11-4-1-2-7-18(27)25-28/h8-9,12,17H,1-7,10-11,13H2,(H,24,30). The van der Waals surface area contributed by atoms with E-state index in [4.69, 9.17) is 23.2 Å². The minimum atomic E-state index is -0.605. The van der Waals surface area contributed by atoms with Gasteiger partial charge in [-0.05, 0) is 50.3 Å². The predicted molar refractivity (Wildman–Crippen MR) is 118 cm³/mol. The molecular formula is C21H25Cl2N5O3. The summed E-state index contributed by atoms with van der Waals surface area (Å²) >= 11 is 12.0. The lowest BCUT2D eigenvalue weighted by molar-refractivity contribution is -0.141. The number of hydrogen-bond acceptors (Lipinski definition) is 4. The maximum absolute atomic E-state index is 13.1. The van der Waals surface area contributed by atoms with Gasteiger partial charge in [-0.1, -0.05) is 29.6 Å². The second-order valence-corrected chi connectivity index (χ2v) is 8.85. The molecule has 2 aliphatic rings. The lowest BCUT2D eigenvalue weighted by Gasteiger charge is -2.34. The van der Waals surface area contributed by atoms with Gasteiger partial charge in [-0.15, -0.1) is 0 Å². The summed E-state index contributed by atoms with van der Waals surface area (Å²) in [5.41, 5.74) is 0.269. The van der Waals surface area contributed by atoms with E-state index in [1.54, 1.807) is 27.7 Å². The maximum Gasteiger partial charge on any atom is 0.346 e. The minimum absolute atomic E-state index is 0.157. The second-order valence-electron chi connectivity index (χ2n) is 8.04. The van der Waals surface area contributed by atoms with Crippen LogP contribution in [0.3, 0.4) is 0 Å². The number of anilines is 1. The summed E-state index contributed by atoms with van der Waals surface area (Å²) in [5, 5.41) is 7.96. The van der Waals surface area contributed by atoms with Crippen LogP contribution in [-0.2, 0) is 29.1 Å². The fourth-order valence-electron chi connectivity index (χ4n) is 4.25. The first-order chi connectivity index (χ1) is 14.9. The zero-order chi connectivity index (χ0) is 22.0. The third-order valence-corrected chi connectivity index (χ3v) is 6.62. The van der Waals surface area contributed by atoms with E-state index in [9.17, 15) is 14.4 Å². The fraction of sp³-hybridized carbons (Fsp3) is 0.524. The molecule has 1 saturated heterocycles. The van der Waals surface area contributed by atoms with Crippen LogP contribution in [0, 0.1) is 0 Å². The van der Waals surface area contributed by atoms with Gasteiger partial charge in [0.05, 0.1) is 10.0 Å². The van der Waals surface area contributed by atoms with Crippen LogP contribution < -0.4 is 11.0 Å². The topological polar surface area (TPSA) is 89.2 Å². The van der Waals surface area contributed by atoms with Crippen molar-refractivity contribution in [1.82, 2.24) is 19.2 Å². The molecule has 1 N–H and O–H groups in total. The molecule has 2 aromatic rings. The number of nitrogens with one attached hydrogen (secondary N) is 1. The van der Waals surface area contributed by atoms with E-state index >= 15 is 0 Å². The van der Waals surface area contributed by atoms with Crippen LogP contribution in [-0.4, -0.2) is 43.6 Å². The molecule has 1 aromatic carbocycles. The van der Waals surface area contributed by atoms with E-state index in [2.05, 4.69) is 10.4 Å². The van der Waals surface area contributed by atoms with Crippen molar-refractivity contribution in [2.45, 2.75) is 64.1 Å². The van der Waals surface area contributed by atoms with Crippen molar-refractivity contribution in [3.05, 3.63) is 44.6 Å². The fourth-order valence-corrected chi connectivity index (χ4v) is 4.55. The summed E-state index contributed by atoms with van der Waals surface area (Å²) in [5.74, 6) is 0.187. The number of fused-ring (bicyclic) bond motifs is 1. The average Bonchev–Trinajstić information content (AvgIpc) is 2.92. The highest BCUT2D eigenvalue weighted by molar-refractivity contribution is 6.42. The van der Waals surface area contributed by atoms with Crippen molar-refractivity contribution < 1.29 is 9.59 Å². The van der Waals surface area contributed by atoms with Crippen LogP contribution in [0.1, 0.15) is 44.3 Å². The van der Waals surface area contributed by atoms with Gasteiger partial charge in [-0.3, -0.25) is 14.2 Å². The van der Waals surface area contributed by atoms with Gasteiger partial charge in [0.25, 0.3) is 0 Å². The first kappa shape index (κ1) is 21.9. The Bertz CT molecular complexity index is 1050. The SMILES string of the molecule is O=C(Nc1ccc(Cl)c(Cl)c1)C1CCCCN1C(=O)Cn1nc2n(c1=O)CCCCC2. The number of halogens is 2. The molecule has 1 unspecified atom stereocenters. The van der Waals surface area contributed by atoms with Crippen molar-refractivity contribution in [3.63, 3.8) is 0 Å². The summed E-state index contributed by atoms with van der Waals surface area (Å²) in [6, 6.07) is 4.25. The second kappa shape index (κ2) is 9.44. The Morgan fingerprint density at radius 2 is 1.87 bits per heavy atom. The number of nitrogens with zero attached hydrogens (tertiary/aromatic N) is 4. The molecule has 4 rings (SSSR count). The lowest BCUT2D eigenvalue weighted by Crippen LogP contribution is -2.51. The number of amides is 2. The molecule has 0 spiro atoms. The maximum atomic E-state index is 13.1. The molecule has 1 aromatic heterocycles. The Morgan fingerprint density at radius 1 is 1.06 bits per heavy atom. The number of hydrogen-bond donors (Lipinski definition) is 1. The number of piperidine rings is 1. The van der Waals surface area contributed by atoms with Gasteiger partial charge in [0.15, 0.2) is 0 Å². The van der Waals surface area contributed by atoms with Crippen LogP contribution in [0.2, 0.25) is 10.0 Å². The first-order valence-corrected chi connectivity index (χ1v) is 11.4. The molecule has 166 valence electrons. The molecule has 0 aliphatic carbocycles. The first-order valence-electron chi connectivity index (χ1n) is 10.7. The van der Waals surface area contributed by atoms with E-state index in [1.807, 2.05) is 0 Å². The largest absolute Gasteiger partial charge is 0.346 e. The van der Waals surface area contributed by atoms with Crippen LogP contribution in [0.15, 0.2) is 23.0 Å². The van der Waals surface area contributed by atoms with E-state index in [0.29, 0.717) is 35.2 Å². The third-order valence-electron chi connectivity index (χ3n) is 5.88. The van der Waals surface area contributed by atoms with Crippen LogP contribution >= 0.6 is 23.2 Å². The summed E-state index contributed by atoms with van der Waals surface area (Å²) in [7, 11) is 0. The van der Waals surface area contributed by atoms with Crippen molar-refractivity contribution in [3.8, 4) is 0 Å². The number of benzene rings is 1. The zero-order valence-electron chi connectivity index (χ0n) is 17.1. The molecule has 10 heteroatoms. The summed E-state index contributed by atoms with van der Waals surface area (Å²) in [6.45, 7) is 0.955. The van der Waals surface area contributed by atoms with Gasteiger partial charge in [0.2, 0.25) is 11.8 Å². The smallest absolute Gasteiger partial charge is 0.329 e. The number of aryl methyl sites for hydroxylation is 1. The Balaban J connectivity index is 1.48. The van der Waals surface area contributed by atoms with Crippen LogP contribution in [0.5, 0.6) is 0 Å². The molecule has 0 saturated carbocycles. The number of carbonyl (C=O) groups excluding carboxylic acids is 2. The Labute approximate surface area is 190 Å². The molecule has 1 fully saturated rings. The number of rotatable bonds is 4. The lowest BCUT2D eigenvalue weighted by atomic mass is 10.0. The zero-order valence-corrected chi connectivity index (χ0v) is 18.7. The molecule has 8 nitrogen and oxygen atoms in total. The number of aromatic nitrogens is 3. The monoisotopic (exact) mass is 465 g/mol. The average molecular weight is 466 g/mol. The van der Waals surface area contributed by atoms with Crippen molar-refractivity contribution in [1.29, 1.82) is 0 Å². The highest BCUT2D eigenvalue weighted by Crippen LogP contribution is 2.26. The Morgan fingerprint density at radius 3 is 2.68 bits per heavy atom. The van der Waals surface area contributed by atoms with E-state index in [0.717, 1.165) is 44.3 Å². The van der Waals surface area contributed by atoms with Crippen molar-refractivity contribution >= 4 is 40.7 Å². The molecule has 1 atom stereocenters. The summed E-state index contributed by atoms with van der Waals surface area (Å²) < 4.78 is 2.91. The van der Waals surface area contributed by atoms with Gasteiger partial charge in [-0.25, -0.2) is 9.48 Å². The number of likely N-dealkylation sites (tertiary alicyclic amines) is 1. The summed E-state index contributed by atoms with van der Waals surface area (Å²) in [6.07, 6.45) is 5.98. The predicted octanol–water partition coefficient (Wildman–Crippen LogP) is 3.10. The molecule has 0 bridgehead atoms. The molecule has 2 amide bonds. The number of carbonyl (C=O) groups is 2. The Kier molecular flexibility index (Phi) is 6.67. The van der Waals surface area contributed by atoms with Gasteiger partial charge >= 0.3 is 5.69 Å². The normalized spacial score (nSPS) is 18.9. The van der Waals surface area contributed by atoms with E-state index in [1.165, 1.54) is 4.68 Å². The van der Waals surface area contributed by atoms with Crippen LogP contribution in [0.25, 0.3) is 0 Å². The quantitative estimate of drug-likeness (QED) is 0.750.